The van der Waals surface area contributed by atoms with E-state index in [9.17, 15) is 33.3 Å². The summed E-state index contributed by atoms with van der Waals surface area (Å²) in [7, 11) is -4.81. The Kier molecular flexibility index (Phi) is 9.71. The summed E-state index contributed by atoms with van der Waals surface area (Å²) in [5, 5.41) is 40.8. The van der Waals surface area contributed by atoms with E-state index in [0.717, 1.165) is 23.6 Å². The molecule has 4 aromatic carbocycles. The summed E-state index contributed by atoms with van der Waals surface area (Å²) in [5.74, 6) is -0.797. The van der Waals surface area contributed by atoms with Crippen LogP contribution in [-0.4, -0.2) is 33.6 Å². The molecule has 5 N–H and O–H groups in total. The molecule has 0 bridgehead atoms. The molecule has 170 valence electrons. The van der Waals surface area contributed by atoms with E-state index in [1.807, 2.05) is 0 Å². The third-order valence-electron chi connectivity index (χ3n) is 4.65. The molecule has 11 nitrogen and oxygen atoms in total. The Hall–Kier alpha value is -2.60. The maximum atomic E-state index is 11.7. The largest absolute Gasteiger partial charge is 1.00 e. The summed E-state index contributed by atoms with van der Waals surface area (Å²) in [5.41, 5.74) is -0.492. The summed E-state index contributed by atoms with van der Waals surface area (Å²) in [6, 6.07) is 14.2. The van der Waals surface area contributed by atoms with E-state index in [0.29, 0.717) is 5.39 Å². The van der Waals surface area contributed by atoms with Crippen LogP contribution in [0.5, 0.6) is 11.5 Å². The molecule has 0 aromatic heterocycles. The van der Waals surface area contributed by atoms with Crippen molar-refractivity contribution in [1.29, 1.82) is 0 Å². The van der Waals surface area contributed by atoms with E-state index in [2.05, 4.69) is 10.2 Å². The summed E-state index contributed by atoms with van der Waals surface area (Å²) >= 11 is 0. The Balaban J connectivity index is 0.00000193. The zero-order chi connectivity index (χ0) is 22.3. The Morgan fingerprint density at radius 3 is 2.06 bits per heavy atom. The summed E-state index contributed by atoms with van der Waals surface area (Å²) in [4.78, 5) is 9.67. The van der Waals surface area contributed by atoms with Crippen molar-refractivity contribution in [3.05, 3.63) is 70.8 Å². The van der Waals surface area contributed by atoms with Crippen LogP contribution in [0, 0.1) is 10.1 Å². The fourth-order valence-corrected chi connectivity index (χ4v) is 3.94. The maximum Gasteiger partial charge on any atom is 1.00 e. The van der Waals surface area contributed by atoms with Gasteiger partial charge in [-0.2, -0.15) is 8.42 Å². The molecule has 0 atom stereocenters. The summed E-state index contributed by atoms with van der Waals surface area (Å²) < 4.78 is 33.0. The van der Waals surface area contributed by atoms with Crippen molar-refractivity contribution in [3.8, 4) is 11.5 Å². The van der Waals surface area contributed by atoms with Crippen molar-refractivity contribution < 1.29 is 80.5 Å². The van der Waals surface area contributed by atoms with Crippen molar-refractivity contribution >= 4 is 48.7 Å². The number of aromatic hydroxyl groups is 2. The monoisotopic (exact) mass is 532 g/mol. The minimum atomic E-state index is -4.81. The number of nitro groups is 1. The molecule has 34 heavy (non-hydrogen) atoms. The van der Waals surface area contributed by atoms with Crippen molar-refractivity contribution in [2.45, 2.75) is 4.90 Å². The second-order valence-corrected chi connectivity index (χ2v) is 7.95. The summed E-state index contributed by atoms with van der Waals surface area (Å²) in [6.45, 7) is 0. The minimum absolute atomic E-state index is 0. The van der Waals surface area contributed by atoms with Gasteiger partial charge in [-0.15, -0.1) is 10.2 Å². The van der Waals surface area contributed by atoms with E-state index >= 15 is 0 Å². The van der Waals surface area contributed by atoms with Crippen LogP contribution in [0.2, 0.25) is 0 Å². The van der Waals surface area contributed by atoms with Gasteiger partial charge in [0.2, 0.25) is 0 Å². The number of azo groups is 1. The van der Waals surface area contributed by atoms with Crippen LogP contribution in [-0.2, 0) is 27.5 Å². The fraction of sp³-hybridized carbons (Fsp3) is 0. The Morgan fingerprint density at radius 1 is 0.824 bits per heavy atom. The molecule has 0 radical (unpaired) electrons. The van der Waals surface area contributed by atoms with Gasteiger partial charge < -0.3 is 15.7 Å². The number of fused-ring (bicyclic) bond motifs is 2. The molecule has 14 heteroatoms. The molecule has 0 aliphatic heterocycles. The third-order valence-corrected chi connectivity index (χ3v) is 5.55. The van der Waals surface area contributed by atoms with Gasteiger partial charge in [0.25, 0.3) is 15.8 Å². The van der Waals surface area contributed by atoms with Gasteiger partial charge in [-0.3, -0.25) is 14.7 Å². The van der Waals surface area contributed by atoms with Gasteiger partial charge >= 0.3 is 29.6 Å². The Bertz CT molecular complexity index is 1530. The van der Waals surface area contributed by atoms with E-state index in [1.54, 1.807) is 30.3 Å². The van der Waals surface area contributed by atoms with Gasteiger partial charge in [-0.1, -0.05) is 30.3 Å². The molecule has 0 saturated carbocycles. The fourth-order valence-electron chi connectivity index (χ4n) is 3.23. The first-order chi connectivity index (χ1) is 14.7. The number of hydrogen-bond donors (Lipinski definition) is 3. The van der Waals surface area contributed by atoms with Gasteiger partial charge in [-0.05, 0) is 17.5 Å². The topological polar surface area (TPSA) is 194 Å². The number of nitrogens with zero attached hydrogens (tertiary/aromatic N) is 3. The van der Waals surface area contributed by atoms with Crippen LogP contribution in [0.15, 0.2) is 75.8 Å². The molecule has 4 rings (SSSR count). The average Bonchev–Trinajstić information content (AvgIpc) is 2.72. The normalized spacial score (nSPS) is 11.0. The molecule has 0 saturated heterocycles. The number of non-ortho nitro benzene ring substituents is 1. The smallest absolute Gasteiger partial charge is 0.506 e. The van der Waals surface area contributed by atoms with Gasteiger partial charge in [-0.25, -0.2) is 0 Å². The predicted molar refractivity (Wildman–Crippen MR) is 115 cm³/mol. The first-order valence-corrected chi connectivity index (χ1v) is 10.1. The van der Waals surface area contributed by atoms with E-state index in [4.69, 9.17) is 0 Å². The second kappa shape index (κ2) is 11.2. The van der Waals surface area contributed by atoms with Gasteiger partial charge in [0.1, 0.15) is 27.8 Å². The zero-order valence-corrected chi connectivity index (χ0v) is 21.5. The molecular formula is C20H15CrN3NaO8S+. The minimum Gasteiger partial charge on any atom is -0.506 e. The van der Waals surface area contributed by atoms with E-state index in [1.165, 1.54) is 12.1 Å². The SMILES string of the molecule is O.O=[N+]([O-])c1ccc2c(N=Nc3c(O)ccc4ccccc34)c(O)cc(S(=O)(=O)O)c2c1.[Cr].[Na+]. The summed E-state index contributed by atoms with van der Waals surface area (Å²) in [6.07, 6.45) is 0. The van der Waals surface area contributed by atoms with Crippen LogP contribution in [0.25, 0.3) is 21.5 Å². The van der Waals surface area contributed by atoms with E-state index in [-0.39, 0.29) is 80.3 Å². The number of phenols is 2. The molecular weight excluding hydrogens is 517 g/mol. The number of benzene rings is 4. The number of rotatable bonds is 4. The molecule has 0 fully saturated rings. The van der Waals surface area contributed by atoms with E-state index < -0.39 is 31.4 Å². The molecule has 0 heterocycles. The maximum absolute atomic E-state index is 11.7. The third kappa shape index (κ3) is 5.55. The average molecular weight is 532 g/mol. The van der Waals surface area contributed by atoms with Gasteiger partial charge in [0.05, 0.1) is 4.92 Å². The first-order valence-electron chi connectivity index (χ1n) is 8.71. The van der Waals surface area contributed by atoms with Gasteiger partial charge in [0, 0.05) is 51.7 Å². The van der Waals surface area contributed by atoms with Crippen molar-refractivity contribution in [2.24, 2.45) is 10.2 Å². The quantitative estimate of drug-likeness (QED) is 0.115. The van der Waals surface area contributed by atoms with Crippen molar-refractivity contribution in [1.82, 2.24) is 0 Å². The zero-order valence-electron chi connectivity index (χ0n) is 17.4. The first kappa shape index (κ1) is 29.4. The van der Waals surface area contributed by atoms with Crippen LogP contribution in [0.3, 0.4) is 0 Å². The molecule has 0 unspecified atom stereocenters. The van der Waals surface area contributed by atoms with Crippen LogP contribution in [0.1, 0.15) is 0 Å². The molecule has 0 aliphatic carbocycles. The van der Waals surface area contributed by atoms with Crippen molar-refractivity contribution in [2.75, 3.05) is 0 Å². The molecule has 0 amide bonds. The molecule has 0 aliphatic rings. The molecule has 0 spiro atoms. The Labute approximate surface area is 225 Å². The van der Waals surface area contributed by atoms with Crippen LogP contribution < -0.4 is 29.6 Å². The number of phenolic OH excluding ortho intramolecular Hbond substituents is 2. The van der Waals surface area contributed by atoms with Crippen LogP contribution >= 0.6 is 0 Å². The molecule has 4 aromatic rings. The standard InChI is InChI=1S/C20H13N3O7S.Cr.Na.H2O/c24-16-8-5-11-3-1-2-4-13(11)19(16)21-22-20-14-7-6-12(23(26)27)9-15(14)18(10-17(20)25)31(28,29)30;;;/h1-10,24-25H,(H,28,29,30);;;1H2/q;;+1;. The Morgan fingerprint density at radius 2 is 1.44 bits per heavy atom. The van der Waals surface area contributed by atoms with Crippen LogP contribution in [0.4, 0.5) is 17.1 Å². The number of nitro benzene ring substituents is 1. The van der Waals surface area contributed by atoms with Crippen molar-refractivity contribution in [3.63, 3.8) is 0 Å². The predicted octanol–water partition coefficient (Wildman–Crippen LogP) is 1.15. The van der Waals surface area contributed by atoms with Gasteiger partial charge in [0.15, 0.2) is 0 Å². The second-order valence-electron chi connectivity index (χ2n) is 6.56. The number of hydrogen-bond acceptors (Lipinski definition) is 8.